The van der Waals surface area contributed by atoms with E-state index in [1.54, 1.807) is 12.1 Å². The lowest BCUT2D eigenvalue weighted by Crippen LogP contribution is -2.53. The van der Waals surface area contributed by atoms with E-state index in [1.165, 1.54) is 21.3 Å². The summed E-state index contributed by atoms with van der Waals surface area (Å²) < 4.78 is 21.0. The average molecular weight is 438 g/mol. The molecule has 0 unspecified atom stereocenters. The molecule has 0 bridgehead atoms. The molecule has 9 nitrogen and oxygen atoms in total. The van der Waals surface area contributed by atoms with Gasteiger partial charge in [0.2, 0.25) is 0 Å². The van der Waals surface area contributed by atoms with Crippen molar-refractivity contribution < 1.29 is 28.5 Å². The number of benzene rings is 1. The fourth-order valence-corrected chi connectivity index (χ4v) is 3.85. The smallest absolute Gasteiger partial charge is 0.340 e. The lowest BCUT2D eigenvalue weighted by Gasteiger charge is -2.37. The third-order valence-corrected chi connectivity index (χ3v) is 5.61. The van der Waals surface area contributed by atoms with Gasteiger partial charge in [-0.1, -0.05) is 0 Å². The van der Waals surface area contributed by atoms with Crippen LogP contribution in [-0.4, -0.2) is 87.0 Å². The van der Waals surface area contributed by atoms with E-state index in [1.807, 2.05) is 9.80 Å². The Morgan fingerprint density at radius 2 is 1.70 bits per heavy atom. The molecule has 2 aliphatic rings. The van der Waals surface area contributed by atoms with Crippen LogP contribution in [0.4, 0.5) is 5.69 Å². The number of esters is 1. The van der Waals surface area contributed by atoms with Gasteiger partial charge in [0.15, 0.2) is 16.6 Å². The second kappa shape index (κ2) is 9.94. The molecule has 1 N–H and O–H groups in total. The summed E-state index contributed by atoms with van der Waals surface area (Å²) >= 11 is 5.55. The van der Waals surface area contributed by atoms with Gasteiger partial charge in [0.25, 0.3) is 5.91 Å². The topological polar surface area (TPSA) is 89.6 Å². The molecule has 1 atom stereocenters. The first-order chi connectivity index (χ1) is 14.5. The van der Waals surface area contributed by atoms with Crippen molar-refractivity contribution in [2.75, 3.05) is 59.4 Å². The van der Waals surface area contributed by atoms with E-state index in [0.717, 1.165) is 12.8 Å². The standard InChI is InChI=1S/C20H27N3O6S/c1-26-16-11-13(19(25)28-3)14(12-17(16)27-2)21-20(30)23-8-6-22(7-9-23)18(24)15-5-4-10-29-15/h11-12,15H,4-10H2,1-3H3,(H,21,30)/t15-/m1/s1. The zero-order valence-corrected chi connectivity index (χ0v) is 18.3. The quantitative estimate of drug-likeness (QED) is 0.544. The molecule has 0 spiro atoms. The molecule has 1 amide bonds. The van der Waals surface area contributed by atoms with Crippen LogP contribution in [0, 0.1) is 0 Å². The van der Waals surface area contributed by atoms with Gasteiger partial charge in [-0.3, -0.25) is 4.79 Å². The monoisotopic (exact) mass is 437 g/mol. The van der Waals surface area contributed by atoms with Crippen molar-refractivity contribution in [3.63, 3.8) is 0 Å². The number of thiocarbonyl (C=S) groups is 1. The Morgan fingerprint density at radius 3 is 2.27 bits per heavy atom. The average Bonchev–Trinajstić information content (AvgIpc) is 3.32. The highest BCUT2D eigenvalue weighted by Crippen LogP contribution is 2.34. The van der Waals surface area contributed by atoms with E-state index >= 15 is 0 Å². The van der Waals surface area contributed by atoms with Crippen molar-refractivity contribution in [3.05, 3.63) is 17.7 Å². The van der Waals surface area contributed by atoms with E-state index in [-0.39, 0.29) is 17.6 Å². The molecule has 0 saturated carbocycles. The van der Waals surface area contributed by atoms with Crippen LogP contribution in [0.1, 0.15) is 23.2 Å². The number of ether oxygens (including phenoxy) is 4. The van der Waals surface area contributed by atoms with Crippen LogP contribution < -0.4 is 14.8 Å². The summed E-state index contributed by atoms with van der Waals surface area (Å²) in [7, 11) is 4.32. The number of anilines is 1. The number of carbonyl (C=O) groups excluding carboxylic acids is 2. The third-order valence-electron chi connectivity index (χ3n) is 5.25. The van der Waals surface area contributed by atoms with Crippen LogP contribution in [0.15, 0.2) is 12.1 Å². The van der Waals surface area contributed by atoms with E-state index in [0.29, 0.717) is 55.1 Å². The van der Waals surface area contributed by atoms with Gasteiger partial charge >= 0.3 is 5.97 Å². The molecule has 0 aliphatic carbocycles. The normalized spacial score (nSPS) is 18.7. The lowest BCUT2D eigenvalue weighted by atomic mass is 10.1. The van der Waals surface area contributed by atoms with E-state index < -0.39 is 5.97 Å². The van der Waals surface area contributed by atoms with Gasteiger partial charge in [-0.05, 0) is 25.1 Å². The molecule has 10 heteroatoms. The zero-order chi connectivity index (χ0) is 21.7. The Hall–Kier alpha value is -2.59. The van der Waals surface area contributed by atoms with Crippen molar-refractivity contribution in [1.29, 1.82) is 0 Å². The predicted molar refractivity (Wildman–Crippen MR) is 114 cm³/mol. The summed E-state index contributed by atoms with van der Waals surface area (Å²) in [5, 5.41) is 3.57. The Morgan fingerprint density at radius 1 is 1.07 bits per heavy atom. The summed E-state index contributed by atoms with van der Waals surface area (Å²) in [4.78, 5) is 28.5. The van der Waals surface area contributed by atoms with Gasteiger partial charge in [0.05, 0.1) is 32.6 Å². The molecule has 2 heterocycles. The summed E-state index contributed by atoms with van der Waals surface area (Å²) in [5.74, 6) is 0.408. The molecule has 1 aromatic rings. The minimum atomic E-state index is -0.520. The molecule has 0 aromatic heterocycles. The molecule has 2 fully saturated rings. The number of rotatable bonds is 5. The summed E-state index contributed by atoms with van der Waals surface area (Å²) in [6.45, 7) is 2.96. The molecular weight excluding hydrogens is 410 g/mol. The van der Waals surface area contributed by atoms with Gasteiger partial charge in [0.1, 0.15) is 6.10 Å². The fraction of sp³-hybridized carbons (Fsp3) is 0.550. The molecule has 164 valence electrons. The molecule has 30 heavy (non-hydrogen) atoms. The van der Waals surface area contributed by atoms with Gasteiger partial charge in [-0.15, -0.1) is 0 Å². The number of methoxy groups -OCH3 is 3. The lowest BCUT2D eigenvalue weighted by molar-refractivity contribution is -0.142. The predicted octanol–water partition coefficient (Wildman–Crippen LogP) is 1.51. The van der Waals surface area contributed by atoms with E-state index in [9.17, 15) is 9.59 Å². The van der Waals surface area contributed by atoms with Crippen molar-refractivity contribution in [2.24, 2.45) is 0 Å². The first-order valence-corrected chi connectivity index (χ1v) is 10.2. The van der Waals surface area contributed by atoms with Gasteiger partial charge in [-0.25, -0.2) is 4.79 Å². The highest BCUT2D eigenvalue weighted by atomic mass is 32.1. The summed E-state index contributed by atoms with van der Waals surface area (Å²) in [5.41, 5.74) is 0.743. The maximum Gasteiger partial charge on any atom is 0.340 e. The van der Waals surface area contributed by atoms with Crippen LogP contribution in [0.25, 0.3) is 0 Å². The van der Waals surface area contributed by atoms with Crippen LogP contribution in [0.2, 0.25) is 0 Å². The van der Waals surface area contributed by atoms with Gasteiger partial charge < -0.3 is 34.1 Å². The maximum absolute atomic E-state index is 12.5. The van der Waals surface area contributed by atoms with E-state index in [2.05, 4.69) is 5.32 Å². The Kier molecular flexibility index (Phi) is 7.33. The van der Waals surface area contributed by atoms with Crippen LogP contribution in [0.3, 0.4) is 0 Å². The third kappa shape index (κ3) is 4.76. The first-order valence-electron chi connectivity index (χ1n) is 9.79. The fourth-order valence-electron chi connectivity index (χ4n) is 3.56. The van der Waals surface area contributed by atoms with Gasteiger partial charge in [0, 0.05) is 44.9 Å². The zero-order valence-electron chi connectivity index (χ0n) is 17.4. The van der Waals surface area contributed by atoms with Crippen molar-refractivity contribution in [2.45, 2.75) is 18.9 Å². The number of hydrogen-bond acceptors (Lipinski definition) is 7. The highest BCUT2D eigenvalue weighted by Gasteiger charge is 2.31. The Labute approximate surface area is 181 Å². The summed E-state index contributed by atoms with van der Waals surface area (Å²) in [6, 6.07) is 3.20. The van der Waals surface area contributed by atoms with Crippen LogP contribution in [-0.2, 0) is 14.3 Å². The molecular formula is C20H27N3O6S. The van der Waals surface area contributed by atoms with Crippen molar-refractivity contribution in [3.8, 4) is 11.5 Å². The van der Waals surface area contributed by atoms with Crippen LogP contribution >= 0.6 is 12.2 Å². The number of piperazine rings is 1. The maximum atomic E-state index is 12.5. The van der Waals surface area contributed by atoms with Gasteiger partial charge in [-0.2, -0.15) is 0 Å². The second-order valence-corrected chi connectivity index (χ2v) is 7.38. The minimum Gasteiger partial charge on any atom is -0.493 e. The van der Waals surface area contributed by atoms with E-state index in [4.69, 9.17) is 31.2 Å². The molecule has 2 aliphatic heterocycles. The Bertz CT molecular complexity index is 804. The SMILES string of the molecule is COC(=O)c1cc(OC)c(OC)cc1NC(=S)N1CCN(C(=O)[C@H]2CCCO2)CC1. The highest BCUT2D eigenvalue weighted by molar-refractivity contribution is 7.80. The largest absolute Gasteiger partial charge is 0.493 e. The number of nitrogens with one attached hydrogen (secondary N) is 1. The molecule has 0 radical (unpaired) electrons. The number of hydrogen-bond donors (Lipinski definition) is 1. The molecule has 2 saturated heterocycles. The Balaban J connectivity index is 1.67. The first kappa shape index (κ1) is 22.1. The summed E-state index contributed by atoms with van der Waals surface area (Å²) in [6.07, 6.45) is 1.41. The molecule has 3 rings (SSSR count). The van der Waals surface area contributed by atoms with Crippen molar-refractivity contribution >= 4 is 34.9 Å². The molecule has 1 aromatic carbocycles. The number of amides is 1. The minimum absolute atomic E-state index is 0.0545. The number of nitrogens with zero attached hydrogens (tertiary/aromatic N) is 2. The number of carbonyl (C=O) groups is 2. The van der Waals surface area contributed by atoms with Crippen LogP contribution in [0.5, 0.6) is 11.5 Å². The van der Waals surface area contributed by atoms with Crippen molar-refractivity contribution in [1.82, 2.24) is 9.80 Å². The second-order valence-electron chi connectivity index (χ2n) is 6.99.